The average molecular weight is 318 g/mol. The molecule has 0 amide bonds. The summed E-state index contributed by atoms with van der Waals surface area (Å²) in [6, 6.07) is 9.51. The Morgan fingerprint density at radius 3 is 2.45 bits per heavy atom. The molecule has 1 aromatic carbocycles. The van der Waals surface area contributed by atoms with Crippen LogP contribution in [0.15, 0.2) is 52.3 Å². The van der Waals surface area contributed by atoms with Gasteiger partial charge in [0.1, 0.15) is 5.82 Å². The maximum atomic E-state index is 12.4. The molecule has 0 aliphatic heterocycles. The first-order valence-electron chi connectivity index (χ1n) is 6.49. The Bertz CT molecular complexity index is 1000. The molecule has 0 aliphatic rings. The van der Waals surface area contributed by atoms with Crippen LogP contribution in [0.4, 0.5) is 5.82 Å². The van der Waals surface area contributed by atoms with Crippen molar-refractivity contribution in [2.75, 3.05) is 4.72 Å². The molecule has 2 aromatic heterocycles. The summed E-state index contributed by atoms with van der Waals surface area (Å²) in [6.45, 7) is 0. The first-order valence-corrected chi connectivity index (χ1v) is 7.98. The molecule has 0 radical (unpaired) electrons. The van der Waals surface area contributed by atoms with Crippen LogP contribution in [0.1, 0.15) is 0 Å². The molecule has 2 heterocycles. The van der Waals surface area contributed by atoms with Gasteiger partial charge in [0.05, 0.1) is 15.9 Å². The normalized spacial score (nSPS) is 11.7. The van der Waals surface area contributed by atoms with E-state index in [0.29, 0.717) is 11.0 Å². The van der Waals surface area contributed by atoms with Crippen LogP contribution in [0, 0.1) is 0 Å². The first-order chi connectivity index (χ1) is 10.4. The van der Waals surface area contributed by atoms with Crippen LogP contribution < -0.4 is 10.4 Å². The van der Waals surface area contributed by atoms with Gasteiger partial charge in [-0.1, -0.05) is 6.07 Å². The van der Waals surface area contributed by atoms with Crippen molar-refractivity contribution in [1.82, 2.24) is 14.1 Å². The van der Waals surface area contributed by atoms with Crippen LogP contribution in [0.2, 0.25) is 0 Å². The van der Waals surface area contributed by atoms with Crippen molar-refractivity contribution in [3.63, 3.8) is 0 Å². The quantitative estimate of drug-likeness (QED) is 0.783. The Kier molecular flexibility index (Phi) is 3.25. The monoisotopic (exact) mass is 318 g/mol. The van der Waals surface area contributed by atoms with Crippen molar-refractivity contribution in [3.05, 3.63) is 53.1 Å². The van der Waals surface area contributed by atoms with Crippen LogP contribution in [0.25, 0.3) is 11.0 Å². The van der Waals surface area contributed by atoms with Crippen molar-refractivity contribution < 1.29 is 8.42 Å². The van der Waals surface area contributed by atoms with Gasteiger partial charge in [0, 0.05) is 20.3 Å². The van der Waals surface area contributed by atoms with Crippen molar-refractivity contribution in [2.24, 2.45) is 14.1 Å². The number of nitrogens with one attached hydrogen (secondary N) is 1. The third-order valence-corrected chi connectivity index (χ3v) is 4.81. The van der Waals surface area contributed by atoms with E-state index in [9.17, 15) is 13.2 Å². The number of rotatable bonds is 3. The van der Waals surface area contributed by atoms with Crippen molar-refractivity contribution >= 4 is 26.9 Å². The molecule has 114 valence electrons. The Morgan fingerprint density at radius 1 is 1.05 bits per heavy atom. The van der Waals surface area contributed by atoms with Gasteiger partial charge in [-0.25, -0.2) is 18.2 Å². The summed E-state index contributed by atoms with van der Waals surface area (Å²) in [7, 11) is -0.514. The molecule has 22 heavy (non-hydrogen) atoms. The van der Waals surface area contributed by atoms with E-state index in [1.165, 1.54) is 27.5 Å². The highest BCUT2D eigenvalue weighted by Gasteiger charge is 2.17. The average Bonchev–Trinajstić information content (AvgIpc) is 2.72. The molecule has 3 rings (SSSR count). The number of benzene rings is 1. The third kappa shape index (κ3) is 2.27. The predicted octanol–water partition coefficient (Wildman–Crippen LogP) is 1.07. The highest BCUT2D eigenvalue weighted by atomic mass is 32.2. The summed E-state index contributed by atoms with van der Waals surface area (Å²) < 4.78 is 30.1. The number of hydrogen-bond donors (Lipinski definition) is 1. The van der Waals surface area contributed by atoms with E-state index >= 15 is 0 Å². The molecule has 0 bridgehead atoms. The smallest absolute Gasteiger partial charge is 0.295 e. The van der Waals surface area contributed by atoms with Crippen LogP contribution in [-0.4, -0.2) is 22.5 Å². The number of fused-ring (bicyclic) bond motifs is 1. The van der Waals surface area contributed by atoms with Gasteiger partial charge in [-0.05, 0) is 30.3 Å². The van der Waals surface area contributed by atoms with Gasteiger partial charge in [0.2, 0.25) is 0 Å². The topological polar surface area (TPSA) is 86.0 Å². The molecule has 0 fully saturated rings. The van der Waals surface area contributed by atoms with E-state index in [4.69, 9.17) is 0 Å². The fourth-order valence-electron chi connectivity index (χ4n) is 2.27. The molecule has 1 N–H and O–H groups in total. The van der Waals surface area contributed by atoms with Crippen LogP contribution in [-0.2, 0) is 24.1 Å². The van der Waals surface area contributed by atoms with Crippen LogP contribution in [0.3, 0.4) is 0 Å². The molecule has 0 spiro atoms. The second-order valence-electron chi connectivity index (χ2n) is 4.87. The zero-order valence-electron chi connectivity index (χ0n) is 12.0. The zero-order valence-corrected chi connectivity index (χ0v) is 12.8. The zero-order chi connectivity index (χ0) is 15.9. The lowest BCUT2D eigenvalue weighted by Gasteiger charge is -2.07. The molecule has 0 unspecified atom stereocenters. The van der Waals surface area contributed by atoms with E-state index in [1.807, 2.05) is 0 Å². The summed E-state index contributed by atoms with van der Waals surface area (Å²) in [6.07, 6.45) is 1.50. The van der Waals surface area contributed by atoms with Gasteiger partial charge in [0.15, 0.2) is 0 Å². The van der Waals surface area contributed by atoms with Crippen molar-refractivity contribution in [3.8, 4) is 0 Å². The van der Waals surface area contributed by atoms with E-state index in [-0.39, 0.29) is 16.4 Å². The van der Waals surface area contributed by atoms with Crippen LogP contribution >= 0.6 is 0 Å². The molecule has 3 aromatic rings. The molecular weight excluding hydrogens is 304 g/mol. The van der Waals surface area contributed by atoms with Gasteiger partial charge < -0.3 is 0 Å². The third-order valence-electron chi connectivity index (χ3n) is 3.46. The fraction of sp³-hybridized carbons (Fsp3) is 0.143. The first kappa shape index (κ1) is 14.3. The number of hydrogen-bond acceptors (Lipinski definition) is 4. The van der Waals surface area contributed by atoms with Gasteiger partial charge in [-0.3, -0.25) is 13.9 Å². The number of pyridine rings is 1. The van der Waals surface area contributed by atoms with E-state index in [2.05, 4.69) is 9.71 Å². The second kappa shape index (κ2) is 4.99. The Hall–Kier alpha value is -2.61. The fourth-order valence-corrected chi connectivity index (χ4v) is 3.30. The maximum Gasteiger partial charge on any atom is 0.328 e. The largest absolute Gasteiger partial charge is 0.328 e. The maximum absolute atomic E-state index is 12.4. The standard InChI is InChI=1S/C14H14N4O3S/c1-17-11-7-6-10(9-12(11)18(2)14(17)19)22(20,21)16-13-5-3-4-8-15-13/h3-9H,1-2H3,(H,15,16). The summed E-state index contributed by atoms with van der Waals surface area (Å²) >= 11 is 0. The second-order valence-corrected chi connectivity index (χ2v) is 6.55. The van der Waals surface area contributed by atoms with Gasteiger partial charge in [-0.2, -0.15) is 0 Å². The molecular formula is C14H14N4O3S. The summed E-state index contributed by atoms with van der Waals surface area (Å²) in [5.41, 5.74) is 1.02. The van der Waals surface area contributed by atoms with E-state index in [1.54, 1.807) is 38.4 Å². The molecule has 0 saturated carbocycles. The number of anilines is 1. The number of aryl methyl sites for hydroxylation is 2. The minimum absolute atomic E-state index is 0.0758. The lowest BCUT2D eigenvalue weighted by atomic mass is 10.3. The molecule has 0 aliphatic carbocycles. The van der Waals surface area contributed by atoms with E-state index < -0.39 is 10.0 Å². The van der Waals surface area contributed by atoms with Gasteiger partial charge >= 0.3 is 5.69 Å². The number of aromatic nitrogens is 3. The lowest BCUT2D eigenvalue weighted by Crippen LogP contribution is -2.19. The van der Waals surface area contributed by atoms with Crippen molar-refractivity contribution in [1.29, 1.82) is 0 Å². The minimum atomic E-state index is -3.76. The number of imidazole rings is 1. The summed E-state index contributed by atoms with van der Waals surface area (Å²) in [5, 5.41) is 0. The lowest BCUT2D eigenvalue weighted by molar-refractivity contribution is 0.601. The molecule has 0 saturated heterocycles. The van der Waals surface area contributed by atoms with E-state index in [0.717, 1.165) is 0 Å². The molecule has 0 atom stereocenters. The number of sulfonamides is 1. The highest BCUT2D eigenvalue weighted by Crippen LogP contribution is 2.19. The Balaban J connectivity index is 2.10. The predicted molar refractivity (Wildman–Crippen MR) is 83.2 cm³/mol. The van der Waals surface area contributed by atoms with Crippen molar-refractivity contribution in [2.45, 2.75) is 4.90 Å². The minimum Gasteiger partial charge on any atom is -0.295 e. The SMILES string of the molecule is Cn1c(=O)n(C)c2cc(S(=O)(=O)Nc3ccccn3)ccc21. The Labute approximate surface area is 126 Å². The summed E-state index contributed by atoms with van der Waals surface area (Å²) in [5.74, 6) is 0.240. The van der Waals surface area contributed by atoms with Gasteiger partial charge in [0.25, 0.3) is 10.0 Å². The molecule has 8 heteroatoms. The number of nitrogens with zero attached hydrogens (tertiary/aromatic N) is 3. The molecule has 7 nitrogen and oxygen atoms in total. The van der Waals surface area contributed by atoms with Crippen LogP contribution in [0.5, 0.6) is 0 Å². The summed E-state index contributed by atoms with van der Waals surface area (Å²) in [4.78, 5) is 15.9. The Morgan fingerprint density at radius 2 is 1.77 bits per heavy atom. The highest BCUT2D eigenvalue weighted by molar-refractivity contribution is 7.92. The van der Waals surface area contributed by atoms with Gasteiger partial charge in [-0.15, -0.1) is 0 Å².